The van der Waals surface area contributed by atoms with E-state index in [1.54, 1.807) is 29.9 Å². The second kappa shape index (κ2) is 9.94. The molecule has 160 valence electrons. The predicted molar refractivity (Wildman–Crippen MR) is 118 cm³/mol. The molecule has 1 aromatic carbocycles. The normalized spacial score (nSPS) is 18.2. The molecule has 0 aromatic heterocycles. The summed E-state index contributed by atoms with van der Waals surface area (Å²) in [6.45, 7) is 3.55. The minimum Gasteiger partial charge on any atom is -0.497 e. The Morgan fingerprint density at radius 3 is 2.57 bits per heavy atom. The van der Waals surface area contributed by atoms with Crippen LogP contribution in [-0.4, -0.2) is 83.4 Å². The van der Waals surface area contributed by atoms with E-state index in [2.05, 4.69) is 0 Å². The molecular formula is C20H23N3O5S2. The van der Waals surface area contributed by atoms with Crippen molar-refractivity contribution >= 4 is 52.3 Å². The smallest absolute Gasteiger partial charge is 0.409 e. The van der Waals surface area contributed by atoms with Gasteiger partial charge in [-0.25, -0.2) is 4.79 Å². The molecule has 0 N–H and O–H groups in total. The molecule has 2 aliphatic heterocycles. The fourth-order valence-corrected chi connectivity index (χ4v) is 4.36. The second-order valence-electron chi connectivity index (χ2n) is 6.61. The molecule has 30 heavy (non-hydrogen) atoms. The van der Waals surface area contributed by atoms with Crippen LogP contribution in [0.1, 0.15) is 12.5 Å². The van der Waals surface area contributed by atoms with Crippen LogP contribution >= 0.6 is 24.0 Å². The minimum atomic E-state index is -0.371. The molecule has 2 heterocycles. The highest BCUT2D eigenvalue weighted by Gasteiger charge is 2.35. The lowest BCUT2D eigenvalue weighted by atomic mass is 10.2. The van der Waals surface area contributed by atoms with E-state index in [4.69, 9.17) is 21.7 Å². The van der Waals surface area contributed by atoms with Crippen LogP contribution in [0.2, 0.25) is 0 Å². The van der Waals surface area contributed by atoms with Crippen molar-refractivity contribution < 1.29 is 23.9 Å². The van der Waals surface area contributed by atoms with Crippen molar-refractivity contribution in [2.75, 3.05) is 46.4 Å². The van der Waals surface area contributed by atoms with Crippen LogP contribution in [0.25, 0.3) is 6.08 Å². The lowest BCUT2D eigenvalue weighted by Gasteiger charge is -2.34. The third-order valence-corrected chi connectivity index (χ3v) is 6.09. The monoisotopic (exact) mass is 449 g/mol. The number of benzene rings is 1. The zero-order valence-corrected chi connectivity index (χ0v) is 18.5. The topological polar surface area (TPSA) is 79.4 Å². The van der Waals surface area contributed by atoms with E-state index in [0.29, 0.717) is 47.8 Å². The van der Waals surface area contributed by atoms with Gasteiger partial charge in [-0.05, 0) is 30.7 Å². The fraction of sp³-hybridized carbons (Fsp3) is 0.400. The highest BCUT2D eigenvalue weighted by atomic mass is 32.2. The van der Waals surface area contributed by atoms with Gasteiger partial charge >= 0.3 is 6.09 Å². The summed E-state index contributed by atoms with van der Waals surface area (Å²) in [6, 6.07) is 7.35. The van der Waals surface area contributed by atoms with Gasteiger partial charge in [0, 0.05) is 26.2 Å². The Labute approximate surface area is 184 Å². The quantitative estimate of drug-likeness (QED) is 0.504. The van der Waals surface area contributed by atoms with Crippen LogP contribution in [0.15, 0.2) is 29.2 Å². The zero-order chi connectivity index (χ0) is 21.7. The number of rotatable bonds is 5. The van der Waals surface area contributed by atoms with Gasteiger partial charge in [-0.2, -0.15) is 0 Å². The first-order valence-corrected chi connectivity index (χ1v) is 10.7. The Hall–Kier alpha value is -2.59. The maximum Gasteiger partial charge on any atom is 0.409 e. The molecule has 2 aliphatic rings. The van der Waals surface area contributed by atoms with E-state index >= 15 is 0 Å². The number of methoxy groups -OCH3 is 1. The summed E-state index contributed by atoms with van der Waals surface area (Å²) >= 11 is 6.50. The van der Waals surface area contributed by atoms with Gasteiger partial charge in [-0.3, -0.25) is 14.5 Å². The van der Waals surface area contributed by atoms with E-state index in [-0.39, 0.29) is 24.5 Å². The molecule has 3 rings (SSSR count). The summed E-state index contributed by atoms with van der Waals surface area (Å²) in [7, 11) is 1.58. The molecule has 3 amide bonds. The maximum absolute atomic E-state index is 12.8. The molecular weight excluding hydrogens is 426 g/mol. The molecule has 2 fully saturated rings. The van der Waals surface area contributed by atoms with Crippen LogP contribution in [0.4, 0.5) is 4.79 Å². The average molecular weight is 450 g/mol. The van der Waals surface area contributed by atoms with Crippen molar-refractivity contribution in [1.82, 2.24) is 14.7 Å². The molecule has 1 aromatic rings. The first-order valence-electron chi connectivity index (χ1n) is 9.51. The number of thioether (sulfide) groups is 1. The van der Waals surface area contributed by atoms with Gasteiger partial charge in [0.25, 0.3) is 5.91 Å². The molecule has 2 saturated heterocycles. The maximum atomic E-state index is 12.8. The van der Waals surface area contributed by atoms with Crippen LogP contribution in [0, 0.1) is 0 Å². The third kappa shape index (κ3) is 5.11. The van der Waals surface area contributed by atoms with Gasteiger partial charge in [0.15, 0.2) is 0 Å². The highest BCUT2D eigenvalue weighted by molar-refractivity contribution is 8.26. The van der Waals surface area contributed by atoms with E-state index in [1.165, 1.54) is 16.7 Å². The first-order chi connectivity index (χ1) is 14.4. The van der Waals surface area contributed by atoms with Crippen molar-refractivity contribution in [3.8, 4) is 5.75 Å². The van der Waals surface area contributed by atoms with Crippen molar-refractivity contribution in [2.45, 2.75) is 6.92 Å². The highest BCUT2D eigenvalue weighted by Crippen LogP contribution is 2.33. The molecule has 0 bridgehead atoms. The molecule has 0 aliphatic carbocycles. The largest absolute Gasteiger partial charge is 0.497 e. The van der Waals surface area contributed by atoms with Crippen LogP contribution < -0.4 is 4.74 Å². The molecule has 0 spiro atoms. The molecule has 0 saturated carbocycles. The number of amides is 3. The van der Waals surface area contributed by atoms with Gasteiger partial charge in [-0.1, -0.05) is 36.1 Å². The van der Waals surface area contributed by atoms with Crippen molar-refractivity contribution in [2.24, 2.45) is 0 Å². The van der Waals surface area contributed by atoms with E-state index in [9.17, 15) is 14.4 Å². The summed E-state index contributed by atoms with van der Waals surface area (Å²) in [4.78, 5) is 42.3. The van der Waals surface area contributed by atoms with Gasteiger partial charge in [0.1, 0.15) is 16.6 Å². The van der Waals surface area contributed by atoms with E-state index in [1.807, 2.05) is 24.3 Å². The Balaban J connectivity index is 1.60. The number of carbonyl (C=O) groups is 3. The lowest BCUT2D eigenvalue weighted by Crippen LogP contribution is -2.53. The molecule has 0 atom stereocenters. The third-order valence-electron chi connectivity index (χ3n) is 4.72. The SMILES string of the molecule is CCOC(=O)N1CCN(C(=O)CN2C(=O)C(=Cc3cccc(OC)c3)SC2=S)CC1. The zero-order valence-electron chi connectivity index (χ0n) is 16.8. The van der Waals surface area contributed by atoms with Crippen LogP contribution in [-0.2, 0) is 14.3 Å². The number of piperazine rings is 1. The number of hydrogen-bond acceptors (Lipinski definition) is 7. The molecule has 0 unspecified atom stereocenters. The summed E-state index contributed by atoms with van der Waals surface area (Å²) < 4.78 is 10.5. The van der Waals surface area contributed by atoms with E-state index < -0.39 is 0 Å². The number of carbonyl (C=O) groups excluding carboxylic acids is 3. The minimum absolute atomic E-state index is 0.112. The van der Waals surface area contributed by atoms with Crippen LogP contribution in [0.5, 0.6) is 5.75 Å². The molecule has 10 heteroatoms. The summed E-state index contributed by atoms with van der Waals surface area (Å²) in [5, 5.41) is 0. The Kier molecular flexibility index (Phi) is 7.33. The standard InChI is InChI=1S/C20H23N3O5S2/c1-3-28-19(26)22-9-7-21(8-10-22)17(24)13-23-18(25)16(30-20(23)29)12-14-5-4-6-15(11-14)27-2/h4-6,11-12H,3,7-10,13H2,1-2H3. The van der Waals surface area contributed by atoms with Crippen LogP contribution in [0.3, 0.4) is 0 Å². The number of hydrogen-bond donors (Lipinski definition) is 0. The first kappa shape index (κ1) is 22.1. The number of nitrogens with zero attached hydrogens (tertiary/aromatic N) is 3. The van der Waals surface area contributed by atoms with Crippen molar-refractivity contribution in [1.29, 1.82) is 0 Å². The van der Waals surface area contributed by atoms with Gasteiger partial charge in [0.05, 0.1) is 18.6 Å². The van der Waals surface area contributed by atoms with Gasteiger partial charge < -0.3 is 19.3 Å². The summed E-state index contributed by atoms with van der Waals surface area (Å²) in [5.41, 5.74) is 0.816. The van der Waals surface area contributed by atoms with Crippen molar-refractivity contribution in [3.63, 3.8) is 0 Å². The Morgan fingerprint density at radius 2 is 1.90 bits per heavy atom. The lowest BCUT2D eigenvalue weighted by molar-refractivity contribution is -0.136. The fourth-order valence-electron chi connectivity index (χ4n) is 3.11. The predicted octanol–water partition coefficient (Wildman–Crippen LogP) is 2.20. The second-order valence-corrected chi connectivity index (χ2v) is 8.29. The van der Waals surface area contributed by atoms with Crippen molar-refractivity contribution in [3.05, 3.63) is 34.7 Å². The Bertz CT molecular complexity index is 881. The molecule has 8 nitrogen and oxygen atoms in total. The Morgan fingerprint density at radius 1 is 1.20 bits per heavy atom. The van der Waals surface area contributed by atoms with Gasteiger partial charge in [-0.15, -0.1) is 0 Å². The number of thiocarbonyl (C=S) groups is 1. The summed E-state index contributed by atoms with van der Waals surface area (Å²) in [5.74, 6) is 0.208. The van der Waals surface area contributed by atoms with E-state index in [0.717, 1.165) is 5.56 Å². The van der Waals surface area contributed by atoms with Gasteiger partial charge in [0.2, 0.25) is 5.91 Å². The average Bonchev–Trinajstić information content (AvgIpc) is 3.01. The molecule has 0 radical (unpaired) electrons. The summed E-state index contributed by atoms with van der Waals surface area (Å²) in [6.07, 6.45) is 1.37. The number of ether oxygens (including phenoxy) is 2.